The molecule has 0 fully saturated rings. The molecule has 0 aliphatic carbocycles. The van der Waals surface area contributed by atoms with Crippen molar-refractivity contribution in [2.24, 2.45) is 0 Å². The zero-order valence-corrected chi connectivity index (χ0v) is 9.74. The number of hydrogen-bond donors (Lipinski definition) is 0. The molecule has 2 aromatic rings. The summed E-state index contributed by atoms with van der Waals surface area (Å²) in [5.74, 6) is 0.873. The quantitative estimate of drug-likeness (QED) is 0.759. The fourth-order valence-corrected chi connectivity index (χ4v) is 1.77. The van der Waals surface area contributed by atoms with Crippen LogP contribution in [0.2, 0.25) is 5.15 Å². The second-order valence-corrected chi connectivity index (χ2v) is 3.90. The fourth-order valence-electron chi connectivity index (χ4n) is 1.57. The van der Waals surface area contributed by atoms with Crippen LogP contribution in [0.5, 0.6) is 5.75 Å². The van der Waals surface area contributed by atoms with Crippen molar-refractivity contribution in [1.29, 1.82) is 0 Å². The van der Waals surface area contributed by atoms with E-state index in [-0.39, 0.29) is 0 Å². The number of nitrogens with zero attached hydrogens (tertiary/aromatic N) is 1. The maximum absolute atomic E-state index is 5.83. The van der Waals surface area contributed by atoms with Gasteiger partial charge >= 0.3 is 0 Å². The maximum Gasteiger partial charge on any atom is 0.129 e. The molecule has 16 heavy (non-hydrogen) atoms. The van der Waals surface area contributed by atoms with Crippen LogP contribution in [0, 0.1) is 0 Å². The molecule has 0 N–H and O–H groups in total. The molecule has 0 radical (unpaired) electrons. The summed E-state index contributed by atoms with van der Waals surface area (Å²) < 4.78 is 5.18. The van der Waals surface area contributed by atoms with E-state index in [1.165, 1.54) is 5.56 Å². The number of aromatic nitrogens is 1. The van der Waals surface area contributed by atoms with E-state index in [4.69, 9.17) is 16.3 Å². The van der Waals surface area contributed by atoms with Crippen molar-refractivity contribution in [3.63, 3.8) is 0 Å². The van der Waals surface area contributed by atoms with Gasteiger partial charge in [0.05, 0.1) is 7.11 Å². The van der Waals surface area contributed by atoms with Crippen LogP contribution in [0.4, 0.5) is 0 Å². The van der Waals surface area contributed by atoms with Crippen molar-refractivity contribution in [3.05, 3.63) is 58.9 Å². The van der Waals surface area contributed by atoms with Gasteiger partial charge in [0, 0.05) is 6.20 Å². The van der Waals surface area contributed by atoms with Crippen LogP contribution < -0.4 is 4.74 Å². The van der Waals surface area contributed by atoms with Crippen molar-refractivity contribution in [1.82, 2.24) is 4.98 Å². The number of benzene rings is 1. The Morgan fingerprint density at radius 3 is 2.75 bits per heavy atom. The molecule has 0 amide bonds. The molecule has 0 bridgehead atoms. The van der Waals surface area contributed by atoms with E-state index in [2.05, 4.69) is 11.1 Å². The highest BCUT2D eigenvalue weighted by atomic mass is 35.5. The molecule has 0 aliphatic rings. The number of pyridine rings is 1. The van der Waals surface area contributed by atoms with Crippen molar-refractivity contribution in [2.45, 2.75) is 6.42 Å². The highest BCUT2D eigenvalue weighted by Crippen LogP contribution is 2.17. The third-order valence-electron chi connectivity index (χ3n) is 2.33. The number of halogens is 1. The molecule has 1 aromatic heterocycles. The van der Waals surface area contributed by atoms with Crippen molar-refractivity contribution in [2.75, 3.05) is 7.11 Å². The monoisotopic (exact) mass is 233 g/mol. The van der Waals surface area contributed by atoms with Crippen molar-refractivity contribution < 1.29 is 4.74 Å². The van der Waals surface area contributed by atoms with E-state index in [9.17, 15) is 0 Å². The Kier molecular flexibility index (Phi) is 3.42. The lowest BCUT2D eigenvalue weighted by molar-refractivity contribution is 0.414. The highest BCUT2D eigenvalue weighted by Gasteiger charge is 1.99. The van der Waals surface area contributed by atoms with Crippen LogP contribution in [0.3, 0.4) is 0 Å². The molecule has 0 spiro atoms. The second-order valence-electron chi connectivity index (χ2n) is 3.52. The van der Waals surface area contributed by atoms with Crippen molar-refractivity contribution in [3.8, 4) is 5.75 Å². The lowest BCUT2D eigenvalue weighted by Gasteiger charge is -2.04. The van der Waals surface area contributed by atoms with E-state index < -0.39 is 0 Å². The zero-order valence-electron chi connectivity index (χ0n) is 8.98. The van der Waals surface area contributed by atoms with Crippen LogP contribution in [0.15, 0.2) is 42.6 Å². The molecule has 0 saturated carbocycles. The van der Waals surface area contributed by atoms with Crippen LogP contribution >= 0.6 is 11.6 Å². The largest absolute Gasteiger partial charge is 0.497 e. The first kappa shape index (κ1) is 11.0. The Labute approximate surface area is 99.9 Å². The summed E-state index contributed by atoms with van der Waals surface area (Å²) in [5, 5.41) is 0.528. The van der Waals surface area contributed by atoms with Gasteiger partial charge in [-0.2, -0.15) is 0 Å². The lowest BCUT2D eigenvalue weighted by atomic mass is 10.1. The minimum Gasteiger partial charge on any atom is -0.497 e. The molecule has 1 aromatic carbocycles. The Morgan fingerprint density at radius 1 is 1.19 bits per heavy atom. The van der Waals surface area contributed by atoms with E-state index in [1.54, 1.807) is 13.3 Å². The van der Waals surface area contributed by atoms with E-state index in [0.29, 0.717) is 5.15 Å². The lowest BCUT2D eigenvalue weighted by Crippen LogP contribution is -1.90. The predicted octanol–water partition coefficient (Wildman–Crippen LogP) is 3.33. The summed E-state index contributed by atoms with van der Waals surface area (Å²) in [6, 6.07) is 11.8. The maximum atomic E-state index is 5.83. The summed E-state index contributed by atoms with van der Waals surface area (Å²) >= 11 is 5.83. The van der Waals surface area contributed by atoms with E-state index in [1.807, 2.05) is 30.3 Å². The standard InChI is InChI=1S/C13H12ClNO/c1-16-12-4-2-3-10(8-12)7-11-5-6-15-13(14)9-11/h2-6,8-9H,7H2,1H3. The van der Waals surface area contributed by atoms with Crippen LogP contribution in [0.1, 0.15) is 11.1 Å². The third-order valence-corrected chi connectivity index (χ3v) is 2.54. The summed E-state index contributed by atoms with van der Waals surface area (Å²) in [7, 11) is 1.67. The van der Waals surface area contributed by atoms with Gasteiger partial charge < -0.3 is 4.74 Å². The molecule has 0 unspecified atom stereocenters. The Bertz CT molecular complexity index is 485. The van der Waals surface area contributed by atoms with Crippen LogP contribution in [0.25, 0.3) is 0 Å². The number of hydrogen-bond acceptors (Lipinski definition) is 2. The Hall–Kier alpha value is -1.54. The Morgan fingerprint density at radius 2 is 2.00 bits per heavy atom. The molecule has 0 atom stereocenters. The summed E-state index contributed by atoms with van der Waals surface area (Å²) in [5.41, 5.74) is 2.34. The SMILES string of the molecule is COc1cccc(Cc2ccnc(Cl)c2)c1. The van der Waals surface area contributed by atoms with Gasteiger partial charge in [-0.25, -0.2) is 4.98 Å². The summed E-state index contributed by atoms with van der Waals surface area (Å²) in [4.78, 5) is 3.96. The molecule has 3 heteroatoms. The predicted molar refractivity (Wildman–Crippen MR) is 65.0 cm³/mol. The first-order valence-corrected chi connectivity index (χ1v) is 5.39. The first-order valence-electron chi connectivity index (χ1n) is 5.01. The topological polar surface area (TPSA) is 22.1 Å². The Balaban J connectivity index is 2.20. The molecule has 2 rings (SSSR count). The normalized spacial score (nSPS) is 10.1. The third kappa shape index (κ3) is 2.74. The van der Waals surface area contributed by atoms with Gasteiger partial charge in [0.2, 0.25) is 0 Å². The smallest absolute Gasteiger partial charge is 0.129 e. The van der Waals surface area contributed by atoms with E-state index in [0.717, 1.165) is 17.7 Å². The molecule has 0 aliphatic heterocycles. The van der Waals surface area contributed by atoms with Gasteiger partial charge in [-0.15, -0.1) is 0 Å². The molecular weight excluding hydrogens is 222 g/mol. The van der Waals surface area contributed by atoms with Gasteiger partial charge in [-0.05, 0) is 41.8 Å². The van der Waals surface area contributed by atoms with Crippen LogP contribution in [-0.4, -0.2) is 12.1 Å². The molecule has 1 heterocycles. The van der Waals surface area contributed by atoms with Gasteiger partial charge in [-0.1, -0.05) is 23.7 Å². The van der Waals surface area contributed by atoms with E-state index >= 15 is 0 Å². The minimum absolute atomic E-state index is 0.528. The van der Waals surface area contributed by atoms with Gasteiger partial charge in [0.15, 0.2) is 0 Å². The fraction of sp³-hybridized carbons (Fsp3) is 0.154. The zero-order chi connectivity index (χ0) is 11.4. The molecule has 0 saturated heterocycles. The molecule has 2 nitrogen and oxygen atoms in total. The van der Waals surface area contributed by atoms with Gasteiger partial charge in [0.25, 0.3) is 0 Å². The van der Waals surface area contributed by atoms with Gasteiger partial charge in [0.1, 0.15) is 10.9 Å². The minimum atomic E-state index is 0.528. The number of rotatable bonds is 3. The van der Waals surface area contributed by atoms with Crippen molar-refractivity contribution >= 4 is 11.6 Å². The first-order chi connectivity index (χ1) is 7.78. The highest BCUT2D eigenvalue weighted by molar-refractivity contribution is 6.29. The summed E-state index contributed by atoms with van der Waals surface area (Å²) in [6.07, 6.45) is 2.55. The van der Waals surface area contributed by atoms with Crippen LogP contribution in [-0.2, 0) is 6.42 Å². The average Bonchev–Trinajstić information content (AvgIpc) is 2.29. The average molecular weight is 234 g/mol. The number of ether oxygens (including phenoxy) is 1. The summed E-state index contributed by atoms with van der Waals surface area (Å²) in [6.45, 7) is 0. The molecule has 82 valence electrons. The van der Waals surface area contributed by atoms with Gasteiger partial charge in [-0.3, -0.25) is 0 Å². The number of methoxy groups -OCH3 is 1. The second kappa shape index (κ2) is 4.99. The molecular formula is C13H12ClNO.